The number of halogens is 1. The molecule has 6 heteroatoms. The van der Waals surface area contributed by atoms with E-state index in [-0.39, 0.29) is 42.5 Å². The molecule has 134 valence electrons. The molecule has 1 aliphatic rings. The first-order valence-corrected chi connectivity index (χ1v) is 9.00. The fourth-order valence-electron chi connectivity index (χ4n) is 3.15. The van der Waals surface area contributed by atoms with Crippen LogP contribution >= 0.6 is 11.6 Å². The predicted octanol–water partition coefficient (Wildman–Crippen LogP) is 2.41. The summed E-state index contributed by atoms with van der Waals surface area (Å²) in [6.45, 7) is 6.14. The molecule has 1 fully saturated rings. The monoisotopic (exact) mass is 353 g/mol. The number of carbonyl (C=O) groups excluding carboxylic acids is 1. The molecule has 1 saturated heterocycles. The van der Waals surface area contributed by atoms with Gasteiger partial charge in [0, 0.05) is 23.4 Å². The Kier molecular flexibility index (Phi) is 7.04. The maximum atomic E-state index is 12.5. The lowest BCUT2D eigenvalue weighted by atomic mass is 9.87. The zero-order valence-corrected chi connectivity index (χ0v) is 15.3. The molecule has 3 unspecified atom stereocenters. The summed E-state index contributed by atoms with van der Waals surface area (Å²) in [4.78, 5) is 12.5. The smallest absolute Gasteiger partial charge is 0.220 e. The molecule has 0 saturated carbocycles. The molecule has 0 aliphatic carbocycles. The molecule has 0 bridgehead atoms. The van der Waals surface area contributed by atoms with E-state index in [4.69, 9.17) is 11.6 Å². The van der Waals surface area contributed by atoms with Crippen molar-refractivity contribution in [2.24, 2.45) is 11.8 Å². The highest BCUT2D eigenvalue weighted by atomic mass is 35.5. The highest BCUT2D eigenvalue weighted by Gasteiger charge is 2.35. The standard InChI is InChI=1S/C18H28ClN3O2/c1-4-11(2)16(10-23)20-17(24)9-15-12(3)21-22-18(15)13-5-7-14(19)8-6-13/h5-8,11-12,15-16,18,21-23H,4,9-10H2,1-3H3,(H,20,24)/t11-,12?,15?,16-,18?/m0/s1. The highest BCUT2D eigenvalue weighted by molar-refractivity contribution is 6.30. The number of rotatable bonds is 7. The van der Waals surface area contributed by atoms with Crippen molar-refractivity contribution in [1.82, 2.24) is 16.2 Å². The molecule has 1 aromatic rings. The van der Waals surface area contributed by atoms with Gasteiger partial charge < -0.3 is 10.4 Å². The van der Waals surface area contributed by atoms with Gasteiger partial charge in [0.2, 0.25) is 5.91 Å². The first kappa shape index (κ1) is 19.2. The van der Waals surface area contributed by atoms with Crippen LogP contribution in [0.2, 0.25) is 5.02 Å². The molecule has 1 aromatic carbocycles. The fourth-order valence-corrected chi connectivity index (χ4v) is 3.28. The van der Waals surface area contributed by atoms with Crippen molar-refractivity contribution in [2.45, 2.75) is 51.7 Å². The van der Waals surface area contributed by atoms with Gasteiger partial charge in [-0.2, -0.15) is 0 Å². The van der Waals surface area contributed by atoms with E-state index < -0.39 is 0 Å². The van der Waals surface area contributed by atoms with Gasteiger partial charge in [-0.15, -0.1) is 0 Å². The van der Waals surface area contributed by atoms with Crippen molar-refractivity contribution in [3.05, 3.63) is 34.9 Å². The van der Waals surface area contributed by atoms with Gasteiger partial charge in [0.25, 0.3) is 0 Å². The van der Waals surface area contributed by atoms with Gasteiger partial charge >= 0.3 is 0 Å². The van der Waals surface area contributed by atoms with Gasteiger partial charge in [-0.05, 0) is 30.5 Å². The fraction of sp³-hybridized carbons (Fsp3) is 0.611. The van der Waals surface area contributed by atoms with Gasteiger partial charge in [-0.25, -0.2) is 5.43 Å². The van der Waals surface area contributed by atoms with Crippen LogP contribution in [0, 0.1) is 11.8 Å². The average molecular weight is 354 g/mol. The van der Waals surface area contributed by atoms with E-state index in [9.17, 15) is 9.90 Å². The number of hydrogen-bond donors (Lipinski definition) is 4. The Labute approximate surface area is 149 Å². The zero-order chi connectivity index (χ0) is 17.7. The first-order chi connectivity index (χ1) is 11.5. The summed E-state index contributed by atoms with van der Waals surface area (Å²) in [5, 5.41) is 13.2. The van der Waals surface area contributed by atoms with E-state index in [1.54, 1.807) is 0 Å². The zero-order valence-electron chi connectivity index (χ0n) is 14.6. The Morgan fingerprint density at radius 1 is 1.33 bits per heavy atom. The second-order valence-corrected chi connectivity index (χ2v) is 7.15. The molecule has 4 N–H and O–H groups in total. The predicted molar refractivity (Wildman–Crippen MR) is 96.5 cm³/mol. The number of hydrazine groups is 1. The number of aliphatic hydroxyl groups excluding tert-OH is 1. The van der Waals surface area contributed by atoms with Gasteiger partial charge in [-0.3, -0.25) is 10.2 Å². The van der Waals surface area contributed by atoms with Crippen LogP contribution in [0.5, 0.6) is 0 Å². The molecule has 0 radical (unpaired) electrons. The maximum Gasteiger partial charge on any atom is 0.220 e. The van der Waals surface area contributed by atoms with Crippen LogP contribution < -0.4 is 16.2 Å². The van der Waals surface area contributed by atoms with E-state index in [1.807, 2.05) is 31.2 Å². The van der Waals surface area contributed by atoms with E-state index in [0.717, 1.165) is 12.0 Å². The van der Waals surface area contributed by atoms with Gasteiger partial charge in [0.05, 0.1) is 18.7 Å². The third-order valence-corrected chi connectivity index (χ3v) is 5.31. The Morgan fingerprint density at radius 2 is 2.00 bits per heavy atom. The van der Waals surface area contributed by atoms with Crippen LogP contribution in [0.4, 0.5) is 0 Å². The molecule has 1 aliphatic heterocycles. The SMILES string of the molecule is CC[C@H](C)[C@H](CO)NC(=O)CC1C(C)NNC1c1ccc(Cl)cc1. The molecule has 5 atom stereocenters. The Balaban J connectivity index is 2.02. The van der Waals surface area contributed by atoms with Crippen LogP contribution in [-0.4, -0.2) is 29.7 Å². The van der Waals surface area contributed by atoms with Crippen LogP contribution in [0.1, 0.15) is 45.2 Å². The second kappa shape index (κ2) is 8.81. The Bertz CT molecular complexity index is 538. The molecule has 0 spiro atoms. The van der Waals surface area contributed by atoms with Gasteiger partial charge in [-0.1, -0.05) is 44.0 Å². The molecule has 2 rings (SSSR count). The molecule has 24 heavy (non-hydrogen) atoms. The number of aliphatic hydroxyl groups is 1. The van der Waals surface area contributed by atoms with Crippen molar-refractivity contribution >= 4 is 17.5 Å². The van der Waals surface area contributed by atoms with Crippen molar-refractivity contribution < 1.29 is 9.90 Å². The number of amides is 1. The van der Waals surface area contributed by atoms with E-state index in [0.29, 0.717) is 11.4 Å². The lowest BCUT2D eigenvalue weighted by Gasteiger charge is -2.25. The van der Waals surface area contributed by atoms with Crippen molar-refractivity contribution in [1.29, 1.82) is 0 Å². The summed E-state index contributed by atoms with van der Waals surface area (Å²) >= 11 is 5.96. The van der Waals surface area contributed by atoms with E-state index in [1.165, 1.54) is 0 Å². The summed E-state index contributed by atoms with van der Waals surface area (Å²) in [5.74, 6) is 0.362. The van der Waals surface area contributed by atoms with Crippen LogP contribution in [-0.2, 0) is 4.79 Å². The van der Waals surface area contributed by atoms with Crippen LogP contribution in [0.3, 0.4) is 0 Å². The van der Waals surface area contributed by atoms with Gasteiger partial charge in [0.1, 0.15) is 0 Å². The van der Waals surface area contributed by atoms with Crippen molar-refractivity contribution in [3.8, 4) is 0 Å². The van der Waals surface area contributed by atoms with Crippen molar-refractivity contribution in [2.75, 3.05) is 6.61 Å². The third kappa shape index (κ3) is 4.70. The highest BCUT2D eigenvalue weighted by Crippen LogP contribution is 2.31. The summed E-state index contributed by atoms with van der Waals surface area (Å²) in [6.07, 6.45) is 1.32. The number of benzene rings is 1. The quantitative estimate of drug-likeness (QED) is 0.607. The number of hydrogen-bond acceptors (Lipinski definition) is 4. The van der Waals surface area contributed by atoms with Gasteiger partial charge in [0.15, 0.2) is 0 Å². The molecule has 1 amide bonds. The maximum absolute atomic E-state index is 12.5. The second-order valence-electron chi connectivity index (χ2n) is 6.72. The molecular weight excluding hydrogens is 326 g/mol. The molecule has 5 nitrogen and oxygen atoms in total. The third-order valence-electron chi connectivity index (χ3n) is 5.06. The lowest BCUT2D eigenvalue weighted by Crippen LogP contribution is -2.43. The number of carbonyl (C=O) groups is 1. The van der Waals surface area contributed by atoms with E-state index in [2.05, 4.69) is 30.0 Å². The minimum absolute atomic E-state index is 0.0179. The van der Waals surface area contributed by atoms with Crippen molar-refractivity contribution in [3.63, 3.8) is 0 Å². The number of nitrogens with one attached hydrogen (secondary N) is 3. The summed E-state index contributed by atoms with van der Waals surface area (Å²) in [5.41, 5.74) is 7.61. The summed E-state index contributed by atoms with van der Waals surface area (Å²) in [7, 11) is 0. The Hall–Kier alpha value is -1.14. The minimum Gasteiger partial charge on any atom is -0.394 e. The molecule has 0 aromatic heterocycles. The van der Waals surface area contributed by atoms with Crippen LogP contribution in [0.15, 0.2) is 24.3 Å². The minimum atomic E-state index is -0.186. The lowest BCUT2D eigenvalue weighted by molar-refractivity contribution is -0.123. The summed E-state index contributed by atoms with van der Waals surface area (Å²) in [6, 6.07) is 7.74. The topological polar surface area (TPSA) is 73.4 Å². The van der Waals surface area contributed by atoms with E-state index >= 15 is 0 Å². The largest absolute Gasteiger partial charge is 0.394 e. The molecule has 1 heterocycles. The summed E-state index contributed by atoms with van der Waals surface area (Å²) < 4.78 is 0. The van der Waals surface area contributed by atoms with Crippen LogP contribution in [0.25, 0.3) is 0 Å². The Morgan fingerprint density at radius 3 is 2.58 bits per heavy atom. The average Bonchev–Trinajstić information content (AvgIpc) is 2.93. The first-order valence-electron chi connectivity index (χ1n) is 8.63. The normalized spacial score (nSPS) is 26.1. The molecular formula is C18H28ClN3O2.